The third-order valence-corrected chi connectivity index (χ3v) is 7.42. The molecule has 0 bridgehead atoms. The maximum atomic E-state index is 12.9. The van der Waals surface area contributed by atoms with E-state index in [1.165, 1.54) is 11.3 Å². The Bertz CT molecular complexity index is 1200. The first-order valence-corrected chi connectivity index (χ1v) is 12.4. The summed E-state index contributed by atoms with van der Waals surface area (Å²) in [5.41, 5.74) is 6.16. The Morgan fingerprint density at radius 3 is 2.37 bits per heavy atom. The smallest absolute Gasteiger partial charge is 0.407 e. The van der Waals surface area contributed by atoms with Crippen LogP contribution in [0.15, 0.2) is 60.2 Å². The maximum absolute atomic E-state index is 12.9. The first kappa shape index (κ1) is 23.0. The number of aliphatic carboxylic acids is 1. The first-order chi connectivity index (χ1) is 17.0. The van der Waals surface area contributed by atoms with Crippen LogP contribution in [0.3, 0.4) is 0 Å². The number of hydrogen-bond acceptors (Lipinski definition) is 6. The van der Waals surface area contributed by atoms with Gasteiger partial charge in [-0.05, 0) is 34.6 Å². The Morgan fingerprint density at radius 2 is 1.77 bits per heavy atom. The van der Waals surface area contributed by atoms with E-state index in [0.29, 0.717) is 6.42 Å². The van der Waals surface area contributed by atoms with Gasteiger partial charge in [-0.15, -0.1) is 11.3 Å². The molecule has 0 saturated heterocycles. The molecule has 3 unspecified atom stereocenters. The minimum atomic E-state index is -0.854. The predicted octanol–water partition coefficient (Wildman–Crippen LogP) is 3.43. The highest BCUT2D eigenvalue weighted by Crippen LogP contribution is 2.44. The number of ether oxygens (including phenoxy) is 1. The molecular weight excluding hydrogens is 466 g/mol. The van der Waals surface area contributed by atoms with E-state index < -0.39 is 24.0 Å². The first-order valence-electron chi connectivity index (χ1n) is 11.5. The Hall–Kier alpha value is -3.72. The molecule has 5 rings (SSSR count). The molecule has 1 fully saturated rings. The zero-order chi connectivity index (χ0) is 24.4. The fourth-order valence-electron chi connectivity index (χ4n) is 4.67. The SMILES string of the molecule is O=C(NC(Cc1cncs1)C(=O)NCC1CC1C(=O)O)OCC1c2ccccc2-c2ccccc21. The van der Waals surface area contributed by atoms with Gasteiger partial charge >= 0.3 is 12.1 Å². The summed E-state index contributed by atoms with van der Waals surface area (Å²) < 4.78 is 5.61. The van der Waals surface area contributed by atoms with Gasteiger partial charge in [-0.25, -0.2) is 4.79 Å². The number of thiazole rings is 1. The fraction of sp³-hybridized carbons (Fsp3) is 0.308. The van der Waals surface area contributed by atoms with Gasteiger partial charge in [0.1, 0.15) is 12.6 Å². The van der Waals surface area contributed by atoms with Crippen LogP contribution in [-0.4, -0.2) is 47.3 Å². The molecule has 0 radical (unpaired) electrons. The van der Waals surface area contributed by atoms with Gasteiger partial charge < -0.3 is 20.5 Å². The lowest BCUT2D eigenvalue weighted by atomic mass is 9.98. The Labute approximate surface area is 206 Å². The molecule has 1 heterocycles. The largest absolute Gasteiger partial charge is 0.481 e. The quantitative estimate of drug-likeness (QED) is 0.422. The molecule has 2 aliphatic carbocycles. The molecule has 2 amide bonds. The molecule has 0 aliphatic heterocycles. The summed E-state index contributed by atoms with van der Waals surface area (Å²) in [5.74, 6) is -1.78. The normalized spacial score (nSPS) is 18.7. The molecule has 3 atom stereocenters. The molecule has 2 aliphatic rings. The summed E-state index contributed by atoms with van der Waals surface area (Å²) in [6, 6.07) is 15.3. The number of benzene rings is 2. The van der Waals surface area contributed by atoms with Crippen LogP contribution in [0.1, 0.15) is 28.3 Å². The van der Waals surface area contributed by atoms with Crippen LogP contribution in [0.25, 0.3) is 11.1 Å². The van der Waals surface area contributed by atoms with Gasteiger partial charge in [0.2, 0.25) is 5.91 Å². The minimum Gasteiger partial charge on any atom is -0.481 e. The summed E-state index contributed by atoms with van der Waals surface area (Å²) in [6.45, 7) is 0.415. The number of nitrogens with one attached hydrogen (secondary N) is 2. The van der Waals surface area contributed by atoms with Crippen LogP contribution in [0.2, 0.25) is 0 Å². The number of carbonyl (C=O) groups excluding carboxylic acids is 2. The second kappa shape index (κ2) is 9.87. The summed E-state index contributed by atoms with van der Waals surface area (Å²) >= 11 is 1.39. The lowest BCUT2D eigenvalue weighted by molar-refractivity contribution is -0.139. The van der Waals surface area contributed by atoms with Crippen molar-refractivity contribution in [3.63, 3.8) is 0 Å². The highest BCUT2D eigenvalue weighted by molar-refractivity contribution is 7.09. The van der Waals surface area contributed by atoms with E-state index in [-0.39, 0.29) is 37.3 Å². The third kappa shape index (κ3) is 5.05. The number of carboxylic acids is 1. The molecule has 8 nitrogen and oxygen atoms in total. The number of fused-ring (bicyclic) bond motifs is 3. The van der Waals surface area contributed by atoms with Crippen molar-refractivity contribution in [1.29, 1.82) is 0 Å². The number of nitrogens with zero attached hydrogens (tertiary/aromatic N) is 1. The lowest BCUT2D eigenvalue weighted by Crippen LogP contribution is -2.48. The minimum absolute atomic E-state index is 0.0741. The Balaban J connectivity index is 1.22. The number of alkyl carbamates (subject to hydrolysis) is 1. The van der Waals surface area contributed by atoms with E-state index in [9.17, 15) is 14.4 Å². The highest BCUT2D eigenvalue weighted by atomic mass is 32.1. The van der Waals surface area contributed by atoms with Crippen LogP contribution in [-0.2, 0) is 20.7 Å². The Kier molecular flexibility index (Phi) is 6.50. The lowest BCUT2D eigenvalue weighted by Gasteiger charge is -2.19. The van der Waals surface area contributed by atoms with Crippen molar-refractivity contribution in [2.24, 2.45) is 11.8 Å². The van der Waals surface area contributed by atoms with E-state index in [4.69, 9.17) is 9.84 Å². The molecule has 180 valence electrons. The summed E-state index contributed by atoms with van der Waals surface area (Å²) in [7, 11) is 0. The van der Waals surface area contributed by atoms with Crippen molar-refractivity contribution >= 4 is 29.3 Å². The second-order valence-electron chi connectivity index (χ2n) is 8.88. The molecule has 3 N–H and O–H groups in total. The molecule has 9 heteroatoms. The van der Waals surface area contributed by atoms with Gasteiger partial charge in [-0.2, -0.15) is 0 Å². The third-order valence-electron chi connectivity index (χ3n) is 6.62. The van der Waals surface area contributed by atoms with E-state index in [2.05, 4.69) is 27.8 Å². The molecular formula is C26H25N3O5S. The van der Waals surface area contributed by atoms with E-state index in [1.807, 2.05) is 36.4 Å². The summed E-state index contributed by atoms with van der Waals surface area (Å²) in [5, 5.41) is 14.5. The molecule has 0 spiro atoms. The fourth-order valence-corrected chi connectivity index (χ4v) is 5.31. The topological polar surface area (TPSA) is 118 Å². The zero-order valence-electron chi connectivity index (χ0n) is 18.8. The van der Waals surface area contributed by atoms with E-state index in [0.717, 1.165) is 27.1 Å². The van der Waals surface area contributed by atoms with Crippen LogP contribution in [0, 0.1) is 11.8 Å². The van der Waals surface area contributed by atoms with E-state index >= 15 is 0 Å². The molecule has 1 saturated carbocycles. The van der Waals surface area contributed by atoms with Gasteiger partial charge in [0.25, 0.3) is 0 Å². The summed E-state index contributed by atoms with van der Waals surface area (Å²) in [4.78, 5) is 41.5. The van der Waals surface area contributed by atoms with Gasteiger partial charge in [-0.1, -0.05) is 48.5 Å². The van der Waals surface area contributed by atoms with E-state index in [1.54, 1.807) is 11.7 Å². The second-order valence-corrected chi connectivity index (χ2v) is 9.85. The van der Waals surface area contributed by atoms with Crippen LogP contribution in [0.4, 0.5) is 4.79 Å². The van der Waals surface area contributed by atoms with Gasteiger partial charge in [0, 0.05) is 30.0 Å². The van der Waals surface area contributed by atoms with Crippen molar-refractivity contribution in [3.8, 4) is 11.1 Å². The number of amides is 2. The monoisotopic (exact) mass is 491 g/mol. The average molecular weight is 492 g/mol. The number of aromatic nitrogens is 1. The molecule has 3 aromatic rings. The van der Waals surface area contributed by atoms with Crippen LogP contribution in [0.5, 0.6) is 0 Å². The number of hydrogen-bond donors (Lipinski definition) is 3. The van der Waals surface area contributed by atoms with Crippen molar-refractivity contribution < 1.29 is 24.2 Å². The predicted molar refractivity (Wildman–Crippen MR) is 130 cm³/mol. The number of carbonyl (C=O) groups is 3. The maximum Gasteiger partial charge on any atom is 0.407 e. The average Bonchev–Trinajstić information content (AvgIpc) is 3.34. The van der Waals surface area contributed by atoms with Gasteiger partial charge in [-0.3, -0.25) is 14.6 Å². The van der Waals surface area contributed by atoms with Crippen molar-refractivity contribution in [2.75, 3.05) is 13.2 Å². The molecule has 1 aromatic heterocycles. The van der Waals surface area contributed by atoms with Crippen molar-refractivity contribution in [3.05, 3.63) is 76.2 Å². The standard InChI is InChI=1S/C26H25N3O5S/c30-24(28-11-15-9-21(15)25(31)32)23(10-16-12-27-14-35-16)29-26(33)34-13-22-19-7-3-1-5-17(19)18-6-2-4-8-20(18)22/h1-8,12,14-15,21-23H,9-11,13H2,(H,28,30)(H,29,33)(H,31,32). The van der Waals surface area contributed by atoms with Crippen molar-refractivity contribution in [2.45, 2.75) is 24.8 Å². The zero-order valence-corrected chi connectivity index (χ0v) is 19.7. The number of carboxylic acid groups (broad SMARTS) is 1. The van der Waals surface area contributed by atoms with Crippen LogP contribution >= 0.6 is 11.3 Å². The highest BCUT2D eigenvalue weighted by Gasteiger charge is 2.43. The molecule has 2 aromatic carbocycles. The Morgan fingerprint density at radius 1 is 1.09 bits per heavy atom. The molecule has 35 heavy (non-hydrogen) atoms. The van der Waals surface area contributed by atoms with Gasteiger partial charge in [0.15, 0.2) is 0 Å². The van der Waals surface area contributed by atoms with Crippen LogP contribution < -0.4 is 10.6 Å². The number of rotatable bonds is 9. The summed E-state index contributed by atoms with van der Waals surface area (Å²) in [6.07, 6.45) is 1.81. The van der Waals surface area contributed by atoms with Gasteiger partial charge in [0.05, 0.1) is 11.4 Å². The van der Waals surface area contributed by atoms with Crippen molar-refractivity contribution in [1.82, 2.24) is 15.6 Å².